The molecule has 1 atom stereocenters. The molecule has 28 heavy (non-hydrogen) atoms. The number of benzene rings is 1. The highest BCUT2D eigenvalue weighted by atomic mass is 19.4. The molecule has 1 fully saturated rings. The number of likely N-dealkylation sites (tertiary alicyclic amines) is 1. The first kappa shape index (κ1) is 20.2. The molecule has 1 amide bonds. The average molecular weight is 398 g/mol. The SMILES string of the molecule is COCC1CCCN(C(=O)c2coc(COc3cccc(C(F)(F)F)c3)n2)C1. The highest BCUT2D eigenvalue weighted by Crippen LogP contribution is 2.31. The predicted octanol–water partition coefficient (Wildman–Crippen LogP) is 3.77. The number of aromatic nitrogens is 1. The summed E-state index contributed by atoms with van der Waals surface area (Å²) in [7, 11) is 1.63. The Morgan fingerprint density at radius 1 is 1.39 bits per heavy atom. The molecule has 0 bridgehead atoms. The second-order valence-corrected chi connectivity index (χ2v) is 6.66. The number of methoxy groups -OCH3 is 1. The van der Waals surface area contributed by atoms with Crippen molar-refractivity contribution in [2.24, 2.45) is 5.92 Å². The van der Waals surface area contributed by atoms with Crippen LogP contribution < -0.4 is 4.74 Å². The molecule has 0 spiro atoms. The lowest BCUT2D eigenvalue weighted by atomic mass is 9.99. The second-order valence-electron chi connectivity index (χ2n) is 6.66. The lowest BCUT2D eigenvalue weighted by Gasteiger charge is -2.31. The minimum atomic E-state index is -4.45. The summed E-state index contributed by atoms with van der Waals surface area (Å²) in [5.41, 5.74) is -0.648. The van der Waals surface area contributed by atoms with Gasteiger partial charge in [0.2, 0.25) is 5.89 Å². The van der Waals surface area contributed by atoms with Gasteiger partial charge in [0.05, 0.1) is 12.2 Å². The van der Waals surface area contributed by atoms with E-state index < -0.39 is 11.7 Å². The van der Waals surface area contributed by atoms with Crippen LogP contribution in [0.1, 0.15) is 34.8 Å². The average Bonchev–Trinajstić information content (AvgIpc) is 3.15. The smallest absolute Gasteiger partial charge is 0.416 e. The van der Waals surface area contributed by atoms with E-state index in [9.17, 15) is 18.0 Å². The molecule has 1 aliphatic heterocycles. The minimum absolute atomic E-state index is 0.0411. The molecule has 0 radical (unpaired) electrons. The van der Waals surface area contributed by atoms with Crippen molar-refractivity contribution in [3.63, 3.8) is 0 Å². The highest BCUT2D eigenvalue weighted by Gasteiger charge is 2.30. The molecule has 1 unspecified atom stereocenters. The third kappa shape index (κ3) is 5.03. The van der Waals surface area contributed by atoms with Gasteiger partial charge in [-0.15, -0.1) is 0 Å². The number of piperidine rings is 1. The van der Waals surface area contributed by atoms with E-state index in [0.717, 1.165) is 25.0 Å². The first-order valence-electron chi connectivity index (χ1n) is 8.89. The molecule has 3 rings (SSSR count). The van der Waals surface area contributed by atoms with E-state index in [1.54, 1.807) is 12.0 Å². The number of halogens is 3. The number of ether oxygens (including phenoxy) is 2. The van der Waals surface area contributed by atoms with Gasteiger partial charge in [0, 0.05) is 20.2 Å². The minimum Gasteiger partial charge on any atom is -0.484 e. The first-order valence-corrected chi connectivity index (χ1v) is 8.89. The van der Waals surface area contributed by atoms with E-state index in [1.165, 1.54) is 18.4 Å². The van der Waals surface area contributed by atoms with Crippen LogP contribution >= 0.6 is 0 Å². The second kappa shape index (κ2) is 8.64. The number of amides is 1. The Kier molecular flexibility index (Phi) is 6.23. The number of alkyl halides is 3. The van der Waals surface area contributed by atoms with Crippen LogP contribution in [0.3, 0.4) is 0 Å². The van der Waals surface area contributed by atoms with E-state index in [-0.39, 0.29) is 29.8 Å². The van der Waals surface area contributed by atoms with Crippen LogP contribution in [0.15, 0.2) is 34.9 Å². The molecule has 2 aromatic rings. The maximum Gasteiger partial charge on any atom is 0.416 e. The number of carbonyl (C=O) groups excluding carboxylic acids is 1. The van der Waals surface area contributed by atoms with E-state index >= 15 is 0 Å². The molecule has 1 aromatic heterocycles. The summed E-state index contributed by atoms with van der Waals surface area (Å²) in [4.78, 5) is 18.4. The highest BCUT2D eigenvalue weighted by molar-refractivity contribution is 5.92. The van der Waals surface area contributed by atoms with E-state index in [1.807, 2.05) is 0 Å². The predicted molar refractivity (Wildman–Crippen MR) is 92.8 cm³/mol. The Balaban J connectivity index is 1.59. The zero-order valence-corrected chi connectivity index (χ0v) is 15.4. The van der Waals surface area contributed by atoms with Crippen molar-refractivity contribution in [3.8, 4) is 5.75 Å². The zero-order valence-electron chi connectivity index (χ0n) is 15.4. The monoisotopic (exact) mass is 398 g/mol. The molecule has 0 aliphatic carbocycles. The molecule has 1 aliphatic rings. The Bertz CT molecular complexity index is 804. The number of hydrogen-bond donors (Lipinski definition) is 0. The standard InChI is InChI=1S/C19H21F3N2O4/c1-26-10-13-4-3-7-24(9-13)18(25)16-11-28-17(23-16)12-27-15-6-2-5-14(8-15)19(20,21)22/h2,5-6,8,11,13H,3-4,7,9-10,12H2,1H3. The maximum atomic E-state index is 12.7. The van der Waals surface area contributed by atoms with Gasteiger partial charge in [-0.2, -0.15) is 13.2 Å². The van der Waals surface area contributed by atoms with Gasteiger partial charge >= 0.3 is 6.18 Å². The molecule has 9 heteroatoms. The van der Waals surface area contributed by atoms with Crippen LogP contribution in [0.25, 0.3) is 0 Å². The summed E-state index contributed by atoms with van der Waals surface area (Å²) in [6.45, 7) is 1.65. The van der Waals surface area contributed by atoms with Crippen LogP contribution in [0, 0.1) is 5.92 Å². The van der Waals surface area contributed by atoms with Gasteiger partial charge in [0.1, 0.15) is 12.0 Å². The van der Waals surface area contributed by atoms with Crippen LogP contribution in [0.5, 0.6) is 5.75 Å². The van der Waals surface area contributed by atoms with Crippen molar-refractivity contribution in [3.05, 3.63) is 47.7 Å². The largest absolute Gasteiger partial charge is 0.484 e. The fourth-order valence-electron chi connectivity index (χ4n) is 3.17. The fourth-order valence-corrected chi connectivity index (χ4v) is 3.17. The third-order valence-electron chi connectivity index (χ3n) is 4.50. The number of oxazole rings is 1. The van der Waals surface area contributed by atoms with Crippen molar-refractivity contribution in [1.82, 2.24) is 9.88 Å². The van der Waals surface area contributed by atoms with Gasteiger partial charge in [-0.25, -0.2) is 4.98 Å². The quantitative estimate of drug-likeness (QED) is 0.741. The topological polar surface area (TPSA) is 64.8 Å². The Hall–Kier alpha value is -2.55. The molecule has 2 heterocycles. The number of carbonyl (C=O) groups is 1. The summed E-state index contributed by atoms with van der Waals surface area (Å²) < 4.78 is 53.9. The van der Waals surface area contributed by atoms with Crippen LogP contribution in [-0.4, -0.2) is 42.6 Å². The van der Waals surface area contributed by atoms with Crippen molar-refractivity contribution in [1.29, 1.82) is 0 Å². The first-order chi connectivity index (χ1) is 13.4. The number of nitrogens with zero attached hydrogens (tertiary/aromatic N) is 2. The van der Waals surface area contributed by atoms with Gasteiger partial charge in [-0.1, -0.05) is 6.07 Å². The summed E-state index contributed by atoms with van der Waals surface area (Å²) in [5, 5.41) is 0. The lowest BCUT2D eigenvalue weighted by molar-refractivity contribution is -0.137. The van der Waals surface area contributed by atoms with Crippen molar-refractivity contribution in [2.75, 3.05) is 26.8 Å². The third-order valence-corrected chi connectivity index (χ3v) is 4.50. The van der Waals surface area contributed by atoms with Crippen LogP contribution in [0.2, 0.25) is 0 Å². The van der Waals surface area contributed by atoms with Crippen LogP contribution in [-0.2, 0) is 17.5 Å². The van der Waals surface area contributed by atoms with E-state index in [4.69, 9.17) is 13.9 Å². The molecule has 6 nitrogen and oxygen atoms in total. The Morgan fingerprint density at radius 3 is 2.96 bits per heavy atom. The fraction of sp³-hybridized carbons (Fsp3) is 0.474. The maximum absolute atomic E-state index is 12.7. The van der Waals surface area contributed by atoms with Gasteiger partial charge in [0.15, 0.2) is 12.3 Å². The van der Waals surface area contributed by atoms with Crippen molar-refractivity contribution >= 4 is 5.91 Å². The van der Waals surface area contributed by atoms with Gasteiger partial charge in [0.25, 0.3) is 5.91 Å². The van der Waals surface area contributed by atoms with Crippen molar-refractivity contribution in [2.45, 2.75) is 25.6 Å². The number of hydrogen-bond acceptors (Lipinski definition) is 5. The molecule has 0 N–H and O–H groups in total. The summed E-state index contributed by atoms with van der Waals surface area (Å²) in [6.07, 6.45) is -1.31. The molecule has 0 saturated carbocycles. The van der Waals surface area contributed by atoms with E-state index in [2.05, 4.69) is 4.98 Å². The summed E-state index contributed by atoms with van der Waals surface area (Å²) >= 11 is 0. The van der Waals surface area contributed by atoms with Crippen LogP contribution in [0.4, 0.5) is 13.2 Å². The van der Waals surface area contributed by atoms with Crippen molar-refractivity contribution < 1.29 is 31.9 Å². The molecular formula is C19H21F3N2O4. The molecule has 152 valence electrons. The molecular weight excluding hydrogens is 377 g/mol. The Labute approximate surface area is 160 Å². The number of rotatable bonds is 6. The van der Waals surface area contributed by atoms with E-state index in [0.29, 0.717) is 25.6 Å². The zero-order chi connectivity index (χ0) is 20.1. The normalized spacial score (nSPS) is 17.6. The summed E-state index contributed by atoms with van der Waals surface area (Å²) in [5.74, 6) is 0.207. The van der Waals surface area contributed by atoms with Gasteiger partial charge < -0.3 is 18.8 Å². The molecule has 1 aromatic carbocycles. The van der Waals surface area contributed by atoms with Gasteiger partial charge in [-0.3, -0.25) is 4.79 Å². The lowest BCUT2D eigenvalue weighted by Crippen LogP contribution is -2.41. The summed E-state index contributed by atoms with van der Waals surface area (Å²) in [6, 6.07) is 4.53. The van der Waals surface area contributed by atoms with Gasteiger partial charge in [-0.05, 0) is 37.0 Å². The molecule has 1 saturated heterocycles. The Morgan fingerprint density at radius 2 is 2.21 bits per heavy atom.